The van der Waals surface area contributed by atoms with E-state index in [9.17, 15) is 0 Å². The van der Waals surface area contributed by atoms with Gasteiger partial charge in [-0.25, -0.2) is 4.98 Å². The lowest BCUT2D eigenvalue weighted by atomic mass is 10.3. The largest absolute Gasteiger partial charge is 0.332 e. The van der Waals surface area contributed by atoms with Crippen molar-refractivity contribution < 1.29 is 0 Å². The van der Waals surface area contributed by atoms with Gasteiger partial charge in [-0.15, -0.1) is 0 Å². The fourth-order valence-electron chi connectivity index (χ4n) is 1.28. The highest BCUT2D eigenvalue weighted by Gasteiger charge is 2.05. The van der Waals surface area contributed by atoms with E-state index in [1.807, 2.05) is 56.4 Å². The molecule has 3 heteroatoms. The number of rotatable bonds is 6. The topological polar surface area (TPSA) is 24.9 Å². The Morgan fingerprint density at radius 1 is 1.28 bits per heavy atom. The zero-order valence-corrected chi connectivity index (χ0v) is 11.6. The summed E-state index contributed by atoms with van der Waals surface area (Å²) in [5.41, 5.74) is 1.75. The summed E-state index contributed by atoms with van der Waals surface area (Å²) in [6.45, 7) is 11.7. The molecule has 0 radical (unpaired) electrons. The van der Waals surface area contributed by atoms with E-state index in [0.717, 1.165) is 21.4 Å². The van der Waals surface area contributed by atoms with Crippen molar-refractivity contribution in [2.24, 2.45) is 0 Å². The summed E-state index contributed by atoms with van der Waals surface area (Å²) in [6.07, 6.45) is 13.5. The summed E-state index contributed by atoms with van der Waals surface area (Å²) < 4.78 is 0. The maximum atomic E-state index is 4.48. The average Bonchev–Trinajstić information content (AvgIpc) is 2.72. The predicted molar refractivity (Wildman–Crippen MR) is 83.6 cm³/mol. The summed E-state index contributed by atoms with van der Waals surface area (Å²) >= 11 is 1.56. The molecule has 18 heavy (non-hydrogen) atoms. The van der Waals surface area contributed by atoms with E-state index >= 15 is 0 Å². The highest BCUT2D eigenvalue weighted by molar-refractivity contribution is 7.16. The van der Waals surface area contributed by atoms with Crippen molar-refractivity contribution in [3.05, 3.63) is 59.8 Å². The van der Waals surface area contributed by atoms with Crippen molar-refractivity contribution in [3.8, 4) is 0 Å². The minimum atomic E-state index is 0.810. The standard InChI is InChI=1S/C15H18N2S/c1-5-8-9-11-12(4)16-15-17-13(10-6-2)14(7-3)18-15/h5-11H,3-4H2,1-2H3,(H,16,17)/b8-5-,10-6-,11-9-. The molecule has 0 bridgehead atoms. The second-order valence-electron chi connectivity index (χ2n) is 3.51. The first kappa shape index (κ1) is 14.2. The Morgan fingerprint density at radius 3 is 2.67 bits per heavy atom. The molecular formula is C15H18N2S. The van der Waals surface area contributed by atoms with Crippen LogP contribution in [0.2, 0.25) is 0 Å². The molecule has 0 atom stereocenters. The van der Waals surface area contributed by atoms with Crippen LogP contribution in [0.3, 0.4) is 0 Å². The number of nitrogens with one attached hydrogen (secondary N) is 1. The van der Waals surface area contributed by atoms with Gasteiger partial charge in [-0.3, -0.25) is 0 Å². The maximum Gasteiger partial charge on any atom is 0.188 e. The van der Waals surface area contributed by atoms with E-state index in [-0.39, 0.29) is 0 Å². The normalized spacial score (nSPS) is 11.7. The Bertz CT molecular complexity index is 505. The predicted octanol–water partition coefficient (Wildman–Crippen LogP) is 4.88. The molecule has 0 spiro atoms. The fourth-order valence-corrected chi connectivity index (χ4v) is 2.12. The lowest BCUT2D eigenvalue weighted by molar-refractivity contribution is 1.33. The summed E-state index contributed by atoms with van der Waals surface area (Å²) in [7, 11) is 0. The molecule has 0 amide bonds. The second kappa shape index (κ2) is 7.45. The third kappa shape index (κ3) is 4.18. The average molecular weight is 258 g/mol. The monoisotopic (exact) mass is 258 g/mol. The zero-order valence-electron chi connectivity index (χ0n) is 10.8. The van der Waals surface area contributed by atoms with Gasteiger partial charge in [0.25, 0.3) is 0 Å². The second-order valence-corrected chi connectivity index (χ2v) is 4.54. The molecule has 94 valence electrons. The number of hydrogen-bond acceptors (Lipinski definition) is 3. The number of anilines is 1. The van der Waals surface area contributed by atoms with Gasteiger partial charge in [-0.05, 0) is 32.1 Å². The fraction of sp³-hybridized carbons (Fsp3) is 0.133. The van der Waals surface area contributed by atoms with Gasteiger partial charge < -0.3 is 5.32 Å². The van der Waals surface area contributed by atoms with Crippen LogP contribution in [-0.2, 0) is 0 Å². The Balaban J connectivity index is 2.79. The molecule has 0 saturated heterocycles. The van der Waals surface area contributed by atoms with Crippen LogP contribution in [0.4, 0.5) is 5.13 Å². The van der Waals surface area contributed by atoms with Crippen LogP contribution in [0.5, 0.6) is 0 Å². The van der Waals surface area contributed by atoms with Crippen LogP contribution < -0.4 is 5.32 Å². The number of hydrogen-bond donors (Lipinski definition) is 1. The number of nitrogens with zero attached hydrogens (tertiary/aromatic N) is 1. The molecule has 1 N–H and O–H groups in total. The van der Waals surface area contributed by atoms with Gasteiger partial charge >= 0.3 is 0 Å². The molecule has 1 aromatic heterocycles. The molecule has 0 unspecified atom stereocenters. The Kier molecular flexibility index (Phi) is 5.88. The third-order valence-electron chi connectivity index (χ3n) is 2.06. The van der Waals surface area contributed by atoms with E-state index in [0.29, 0.717) is 0 Å². The summed E-state index contributed by atoms with van der Waals surface area (Å²) in [6, 6.07) is 0. The van der Waals surface area contributed by atoms with Crippen LogP contribution in [-0.4, -0.2) is 4.98 Å². The molecule has 1 aromatic rings. The van der Waals surface area contributed by atoms with Crippen LogP contribution >= 0.6 is 11.3 Å². The molecule has 0 aliphatic rings. The molecule has 0 aliphatic heterocycles. The first-order chi connectivity index (χ1) is 8.71. The Morgan fingerprint density at radius 2 is 2.06 bits per heavy atom. The minimum absolute atomic E-state index is 0.810. The highest BCUT2D eigenvalue weighted by atomic mass is 32.1. The molecule has 1 heterocycles. The quantitative estimate of drug-likeness (QED) is 0.736. The highest BCUT2D eigenvalue weighted by Crippen LogP contribution is 2.26. The van der Waals surface area contributed by atoms with Crippen molar-refractivity contribution in [2.45, 2.75) is 13.8 Å². The van der Waals surface area contributed by atoms with Crippen LogP contribution in [0.15, 0.2) is 49.2 Å². The van der Waals surface area contributed by atoms with Gasteiger partial charge in [0.2, 0.25) is 0 Å². The SMILES string of the molecule is C=Cc1sc(NC(=C)/C=C\C=C/C)nc1/C=C\C. The van der Waals surface area contributed by atoms with Gasteiger partial charge in [-0.2, -0.15) is 0 Å². The molecule has 1 rings (SSSR count). The van der Waals surface area contributed by atoms with Gasteiger partial charge in [0, 0.05) is 5.70 Å². The van der Waals surface area contributed by atoms with E-state index in [1.54, 1.807) is 11.3 Å². The van der Waals surface area contributed by atoms with Gasteiger partial charge in [0.1, 0.15) is 0 Å². The van der Waals surface area contributed by atoms with Crippen molar-refractivity contribution in [2.75, 3.05) is 5.32 Å². The van der Waals surface area contributed by atoms with Gasteiger partial charge in [-0.1, -0.05) is 48.8 Å². The third-order valence-corrected chi connectivity index (χ3v) is 3.04. The lowest BCUT2D eigenvalue weighted by Gasteiger charge is -1.99. The van der Waals surface area contributed by atoms with Crippen molar-refractivity contribution in [1.82, 2.24) is 4.98 Å². The van der Waals surface area contributed by atoms with E-state index in [4.69, 9.17) is 0 Å². The summed E-state index contributed by atoms with van der Waals surface area (Å²) in [5, 5.41) is 3.99. The molecule has 0 saturated carbocycles. The number of aromatic nitrogens is 1. The van der Waals surface area contributed by atoms with E-state index in [2.05, 4.69) is 23.5 Å². The van der Waals surface area contributed by atoms with E-state index < -0.39 is 0 Å². The van der Waals surface area contributed by atoms with Crippen molar-refractivity contribution >= 4 is 28.6 Å². The smallest absolute Gasteiger partial charge is 0.188 e. The number of thiazole rings is 1. The van der Waals surface area contributed by atoms with Crippen LogP contribution in [0, 0.1) is 0 Å². The first-order valence-electron chi connectivity index (χ1n) is 5.72. The molecular weight excluding hydrogens is 240 g/mol. The molecule has 0 fully saturated rings. The lowest BCUT2D eigenvalue weighted by Crippen LogP contribution is -1.93. The Labute approximate surface area is 113 Å². The maximum absolute atomic E-state index is 4.48. The van der Waals surface area contributed by atoms with Crippen LogP contribution in [0.1, 0.15) is 24.4 Å². The summed E-state index contributed by atoms with van der Waals surface area (Å²) in [4.78, 5) is 5.53. The minimum Gasteiger partial charge on any atom is -0.332 e. The van der Waals surface area contributed by atoms with Crippen molar-refractivity contribution in [1.29, 1.82) is 0 Å². The first-order valence-corrected chi connectivity index (χ1v) is 6.54. The molecule has 0 aromatic carbocycles. The van der Waals surface area contributed by atoms with Gasteiger partial charge in [0.05, 0.1) is 10.6 Å². The number of allylic oxidation sites excluding steroid dienone is 5. The summed E-state index contributed by atoms with van der Waals surface area (Å²) in [5.74, 6) is 0. The van der Waals surface area contributed by atoms with Crippen molar-refractivity contribution in [3.63, 3.8) is 0 Å². The molecule has 0 aliphatic carbocycles. The zero-order chi connectivity index (χ0) is 13.4. The van der Waals surface area contributed by atoms with Gasteiger partial charge in [0.15, 0.2) is 5.13 Å². The Hall–Kier alpha value is -1.87. The van der Waals surface area contributed by atoms with E-state index in [1.165, 1.54) is 0 Å². The molecule has 2 nitrogen and oxygen atoms in total. The van der Waals surface area contributed by atoms with Crippen LogP contribution in [0.25, 0.3) is 12.2 Å².